The van der Waals surface area contributed by atoms with E-state index in [1.54, 1.807) is 0 Å². The maximum absolute atomic E-state index is 10.7. The molecule has 5 nitrogen and oxygen atoms in total. The summed E-state index contributed by atoms with van der Waals surface area (Å²) < 4.78 is 0. The zero-order valence-corrected chi connectivity index (χ0v) is 5.98. The van der Waals surface area contributed by atoms with Crippen molar-refractivity contribution >= 4 is 17.7 Å². The molecule has 0 bridgehead atoms. The first kappa shape index (κ1) is 8.45. The van der Waals surface area contributed by atoms with Gasteiger partial charge in [-0.15, -0.1) is 0 Å². The molecule has 0 spiro atoms. The van der Waals surface area contributed by atoms with E-state index in [4.69, 9.17) is 10.2 Å². The second kappa shape index (κ2) is 2.77. The van der Waals surface area contributed by atoms with Gasteiger partial charge in [0, 0.05) is 6.42 Å². The van der Waals surface area contributed by atoms with Gasteiger partial charge < -0.3 is 10.2 Å². The van der Waals surface area contributed by atoms with E-state index in [0.717, 1.165) is 6.08 Å². The Kier molecular flexibility index (Phi) is 1.95. The van der Waals surface area contributed by atoms with Crippen LogP contribution in [0.1, 0.15) is 6.42 Å². The molecule has 1 aliphatic carbocycles. The molecule has 1 aliphatic rings. The molecule has 0 saturated carbocycles. The number of ketones is 1. The third-order valence-electron chi connectivity index (χ3n) is 1.64. The third-order valence-corrected chi connectivity index (χ3v) is 1.64. The molecule has 0 heterocycles. The highest BCUT2D eigenvalue weighted by molar-refractivity contribution is 6.08. The van der Waals surface area contributed by atoms with Crippen molar-refractivity contribution in [1.29, 1.82) is 0 Å². The number of allylic oxidation sites excluding steroid dienone is 1. The number of carbonyl (C=O) groups excluding carboxylic acids is 1. The van der Waals surface area contributed by atoms with Crippen LogP contribution in [0.25, 0.3) is 0 Å². The molecule has 0 amide bonds. The zero-order valence-electron chi connectivity index (χ0n) is 5.98. The minimum absolute atomic E-state index is 0.239. The molecule has 0 saturated heterocycles. The van der Waals surface area contributed by atoms with Crippen LogP contribution in [-0.4, -0.2) is 27.9 Å². The Morgan fingerprint density at radius 1 is 1.42 bits per heavy atom. The lowest BCUT2D eigenvalue weighted by molar-refractivity contribution is -0.144. The van der Waals surface area contributed by atoms with Crippen LogP contribution in [0.3, 0.4) is 0 Å². The Morgan fingerprint density at radius 2 is 2.00 bits per heavy atom. The molecule has 64 valence electrons. The lowest BCUT2D eigenvalue weighted by atomic mass is 10.0. The number of hydrogen-bond donors (Lipinski definition) is 2. The second-order valence-electron chi connectivity index (χ2n) is 2.47. The van der Waals surface area contributed by atoms with Crippen LogP contribution in [0.5, 0.6) is 0 Å². The first-order chi connectivity index (χ1) is 5.52. The molecule has 1 rings (SSSR count). The predicted molar refractivity (Wildman–Crippen MR) is 36.5 cm³/mol. The van der Waals surface area contributed by atoms with Crippen molar-refractivity contribution in [3.63, 3.8) is 0 Å². The fourth-order valence-corrected chi connectivity index (χ4v) is 1.08. The number of carboxylic acid groups (broad SMARTS) is 2. The zero-order chi connectivity index (χ0) is 9.30. The highest BCUT2D eigenvalue weighted by Gasteiger charge is 2.34. The van der Waals surface area contributed by atoms with E-state index in [1.165, 1.54) is 0 Å². The normalized spacial score (nSPS) is 22.2. The van der Waals surface area contributed by atoms with Gasteiger partial charge >= 0.3 is 11.9 Å². The van der Waals surface area contributed by atoms with Crippen LogP contribution >= 0.6 is 0 Å². The summed E-state index contributed by atoms with van der Waals surface area (Å²) in [4.78, 5) is 31.5. The first-order valence-electron chi connectivity index (χ1n) is 3.23. The minimum Gasteiger partial charge on any atom is -0.481 e. The van der Waals surface area contributed by atoms with E-state index < -0.39 is 23.6 Å². The van der Waals surface area contributed by atoms with Crippen LogP contribution in [0.4, 0.5) is 0 Å². The average molecular weight is 170 g/mol. The second-order valence-corrected chi connectivity index (χ2v) is 2.47. The Labute approximate surface area is 67.3 Å². The van der Waals surface area contributed by atoms with Crippen LogP contribution in [0.15, 0.2) is 11.6 Å². The van der Waals surface area contributed by atoms with Gasteiger partial charge in [0.25, 0.3) is 0 Å². The monoisotopic (exact) mass is 170 g/mol. The number of carbonyl (C=O) groups is 3. The molecule has 0 aromatic carbocycles. The molecule has 0 aromatic heterocycles. The van der Waals surface area contributed by atoms with Gasteiger partial charge in [0.2, 0.25) is 0 Å². The predicted octanol–water partition coefficient (Wildman–Crippen LogP) is -0.329. The molecule has 2 N–H and O–H groups in total. The number of rotatable bonds is 2. The number of hydrogen-bond acceptors (Lipinski definition) is 3. The molecule has 12 heavy (non-hydrogen) atoms. The topological polar surface area (TPSA) is 91.7 Å². The lowest BCUT2D eigenvalue weighted by Crippen LogP contribution is -2.18. The van der Waals surface area contributed by atoms with Crippen molar-refractivity contribution in [3.05, 3.63) is 11.6 Å². The summed E-state index contributed by atoms with van der Waals surface area (Å²) >= 11 is 0. The minimum atomic E-state index is -1.34. The summed E-state index contributed by atoms with van der Waals surface area (Å²) in [6.07, 6.45) is 0.637. The highest BCUT2D eigenvalue weighted by atomic mass is 16.4. The summed E-state index contributed by atoms with van der Waals surface area (Å²) in [6, 6.07) is 0. The van der Waals surface area contributed by atoms with Crippen LogP contribution in [0, 0.1) is 5.92 Å². The van der Waals surface area contributed by atoms with Crippen LogP contribution in [-0.2, 0) is 14.4 Å². The molecule has 0 aliphatic heterocycles. The summed E-state index contributed by atoms with van der Waals surface area (Å²) in [5.74, 6) is -4.22. The first-order valence-corrected chi connectivity index (χ1v) is 3.23. The van der Waals surface area contributed by atoms with Crippen molar-refractivity contribution in [2.24, 2.45) is 5.92 Å². The molecule has 5 heteroatoms. The van der Waals surface area contributed by atoms with Gasteiger partial charge in [-0.1, -0.05) is 0 Å². The van der Waals surface area contributed by atoms with Gasteiger partial charge in [-0.3, -0.25) is 9.59 Å². The lowest BCUT2D eigenvalue weighted by Gasteiger charge is -2.02. The summed E-state index contributed by atoms with van der Waals surface area (Å²) in [5, 5.41) is 17.0. The van der Waals surface area contributed by atoms with E-state index in [9.17, 15) is 14.4 Å². The van der Waals surface area contributed by atoms with E-state index in [-0.39, 0.29) is 12.0 Å². The average Bonchev–Trinajstić information content (AvgIpc) is 2.31. The van der Waals surface area contributed by atoms with Gasteiger partial charge in [0.15, 0.2) is 5.78 Å². The number of carboxylic acids is 2. The maximum Gasteiger partial charge on any atom is 0.332 e. The van der Waals surface area contributed by atoms with E-state index in [0.29, 0.717) is 0 Å². The highest BCUT2D eigenvalue weighted by Crippen LogP contribution is 2.23. The SMILES string of the molecule is O=C1C=C(C(=O)O)C(C(=O)O)C1. The maximum atomic E-state index is 10.7. The van der Waals surface area contributed by atoms with Crippen molar-refractivity contribution in [2.45, 2.75) is 6.42 Å². The Bertz CT molecular complexity index is 288. The van der Waals surface area contributed by atoms with E-state index >= 15 is 0 Å². The smallest absolute Gasteiger partial charge is 0.332 e. The molecule has 1 unspecified atom stereocenters. The van der Waals surface area contributed by atoms with Crippen LogP contribution < -0.4 is 0 Å². The van der Waals surface area contributed by atoms with Gasteiger partial charge in [-0.05, 0) is 6.08 Å². The van der Waals surface area contributed by atoms with E-state index in [1.807, 2.05) is 0 Å². The fourth-order valence-electron chi connectivity index (χ4n) is 1.08. The van der Waals surface area contributed by atoms with Crippen LogP contribution in [0.2, 0.25) is 0 Å². The molecule has 1 atom stereocenters. The summed E-state index contributed by atoms with van der Waals surface area (Å²) in [6.45, 7) is 0. The van der Waals surface area contributed by atoms with Gasteiger partial charge in [-0.2, -0.15) is 0 Å². The third kappa shape index (κ3) is 1.34. The summed E-state index contributed by atoms with van der Waals surface area (Å²) in [7, 11) is 0. The van der Waals surface area contributed by atoms with Crippen molar-refractivity contribution < 1.29 is 24.6 Å². The molecular formula is C7H6O5. The van der Waals surface area contributed by atoms with Gasteiger partial charge in [-0.25, -0.2) is 4.79 Å². The molecule has 0 fully saturated rings. The molecule has 0 radical (unpaired) electrons. The van der Waals surface area contributed by atoms with Crippen molar-refractivity contribution in [3.8, 4) is 0 Å². The standard InChI is InChI=1S/C7H6O5/c8-3-1-4(6(9)10)5(2-3)7(11)12/h1,5H,2H2,(H,9,10)(H,11,12). The number of aliphatic carboxylic acids is 2. The van der Waals surface area contributed by atoms with Crippen molar-refractivity contribution in [1.82, 2.24) is 0 Å². The molecule has 0 aromatic rings. The quantitative estimate of drug-likeness (QED) is 0.592. The van der Waals surface area contributed by atoms with Gasteiger partial charge in [0.05, 0.1) is 11.5 Å². The Hall–Kier alpha value is -1.65. The fraction of sp³-hybridized carbons (Fsp3) is 0.286. The van der Waals surface area contributed by atoms with Gasteiger partial charge in [0.1, 0.15) is 0 Å². The summed E-state index contributed by atoms with van der Waals surface area (Å²) in [5.41, 5.74) is -0.326. The van der Waals surface area contributed by atoms with Crippen molar-refractivity contribution in [2.75, 3.05) is 0 Å². The largest absolute Gasteiger partial charge is 0.481 e. The molecular weight excluding hydrogens is 164 g/mol. The van der Waals surface area contributed by atoms with E-state index in [2.05, 4.69) is 0 Å². The Balaban J connectivity index is 2.94. The Morgan fingerprint density at radius 3 is 2.33 bits per heavy atom.